The molecule has 0 radical (unpaired) electrons. The van der Waals surface area contributed by atoms with Gasteiger partial charge in [0.15, 0.2) is 0 Å². The van der Waals surface area contributed by atoms with Crippen LogP contribution in [-0.2, 0) is 5.41 Å². The van der Waals surface area contributed by atoms with Crippen molar-refractivity contribution in [1.29, 1.82) is 0 Å². The van der Waals surface area contributed by atoms with Crippen molar-refractivity contribution in [3.05, 3.63) is 232 Å². The molecule has 6 aromatic carbocycles. The molecule has 1 nitrogen and oxygen atoms in total. The summed E-state index contributed by atoms with van der Waals surface area (Å²) in [5.74, 6) is 1.25. The first-order chi connectivity index (χ1) is 27.5. The molecule has 268 valence electrons. The predicted molar refractivity (Wildman–Crippen MR) is 236 cm³/mol. The Labute approximate surface area is 330 Å². The number of benzene rings is 6. The molecule has 4 unspecified atom stereocenters. The molecule has 11 rings (SSSR count). The number of anilines is 3. The lowest BCUT2D eigenvalue weighted by atomic mass is 9.71. The number of rotatable bonds is 5. The second-order valence-corrected chi connectivity index (χ2v) is 16.4. The standard InChI is InChI=1S/C55H43N/c1-55(2)51-23-12-11-22-48(51)54-52(55)24-13-25-53(54)56(40-30-26-36(27-31-40)49-34-38-14-3-5-16-42(38)44-18-7-9-20-46(44)49)41-32-28-37(29-33-41)50-35-39-15-4-6-17-43(39)45-19-8-10-21-47(45)50/h3-35,44,46-47,50H,1-2H3. The Morgan fingerprint density at radius 2 is 1.21 bits per heavy atom. The van der Waals surface area contributed by atoms with E-state index in [1.165, 1.54) is 71.8 Å². The van der Waals surface area contributed by atoms with Crippen molar-refractivity contribution in [2.45, 2.75) is 31.1 Å². The summed E-state index contributed by atoms with van der Waals surface area (Å²) in [6.07, 6.45) is 23.1. The summed E-state index contributed by atoms with van der Waals surface area (Å²) in [6, 6.07) is 52.4. The highest BCUT2D eigenvalue weighted by Crippen LogP contribution is 2.54. The number of hydrogen-bond acceptors (Lipinski definition) is 1. The van der Waals surface area contributed by atoms with Gasteiger partial charge >= 0.3 is 0 Å². The van der Waals surface area contributed by atoms with Crippen molar-refractivity contribution in [3.8, 4) is 11.1 Å². The van der Waals surface area contributed by atoms with Crippen molar-refractivity contribution in [1.82, 2.24) is 0 Å². The zero-order valence-electron chi connectivity index (χ0n) is 31.8. The normalized spacial score (nSPS) is 21.5. The van der Waals surface area contributed by atoms with Gasteiger partial charge in [-0.15, -0.1) is 0 Å². The Hall–Kier alpha value is -6.44. The molecule has 0 aliphatic heterocycles. The Morgan fingerprint density at radius 3 is 2.07 bits per heavy atom. The van der Waals surface area contributed by atoms with Crippen LogP contribution in [0.15, 0.2) is 188 Å². The number of nitrogens with zero attached hydrogens (tertiary/aromatic N) is 1. The lowest BCUT2D eigenvalue weighted by molar-refractivity contribution is 0.660. The van der Waals surface area contributed by atoms with E-state index in [9.17, 15) is 0 Å². The summed E-state index contributed by atoms with van der Waals surface area (Å²) in [5, 5.41) is 2.67. The minimum Gasteiger partial charge on any atom is -0.310 e. The van der Waals surface area contributed by atoms with E-state index in [1.807, 2.05) is 0 Å². The van der Waals surface area contributed by atoms with Crippen molar-refractivity contribution < 1.29 is 0 Å². The zero-order valence-corrected chi connectivity index (χ0v) is 31.8. The minimum absolute atomic E-state index is 0.0904. The molecular weight excluding hydrogens is 675 g/mol. The SMILES string of the molecule is CC1(C)c2ccccc2-c2c(N(c3ccc(C4=Cc5ccccc5C5C=CC=CC45)cc3)c3ccc(C4C=c5ccccc5=C5C=CC=CC54)cc3)cccc21. The fraction of sp³-hybridized carbons (Fsp3) is 0.127. The summed E-state index contributed by atoms with van der Waals surface area (Å²) in [5.41, 5.74) is 17.0. The van der Waals surface area contributed by atoms with E-state index in [0.717, 1.165) is 11.4 Å². The quantitative estimate of drug-likeness (QED) is 0.172. The predicted octanol–water partition coefficient (Wildman–Crippen LogP) is 12.3. The van der Waals surface area contributed by atoms with E-state index in [0.29, 0.717) is 17.8 Å². The molecule has 6 aromatic rings. The molecule has 0 amide bonds. The largest absolute Gasteiger partial charge is 0.310 e. The van der Waals surface area contributed by atoms with Crippen LogP contribution < -0.4 is 15.3 Å². The summed E-state index contributed by atoms with van der Waals surface area (Å²) in [4.78, 5) is 2.49. The van der Waals surface area contributed by atoms with E-state index in [4.69, 9.17) is 0 Å². The van der Waals surface area contributed by atoms with E-state index in [1.54, 1.807) is 0 Å². The molecule has 56 heavy (non-hydrogen) atoms. The van der Waals surface area contributed by atoms with E-state index >= 15 is 0 Å². The first kappa shape index (κ1) is 32.9. The third-order valence-corrected chi connectivity index (χ3v) is 13.1. The average molecular weight is 718 g/mol. The maximum Gasteiger partial charge on any atom is 0.0543 e. The van der Waals surface area contributed by atoms with Gasteiger partial charge in [-0.25, -0.2) is 0 Å². The monoisotopic (exact) mass is 717 g/mol. The fourth-order valence-corrected chi connectivity index (χ4v) is 10.3. The number of hydrogen-bond donors (Lipinski definition) is 0. The minimum atomic E-state index is -0.0904. The smallest absolute Gasteiger partial charge is 0.0543 e. The summed E-state index contributed by atoms with van der Waals surface area (Å²) < 4.78 is 0. The van der Waals surface area contributed by atoms with Crippen LogP contribution in [0.3, 0.4) is 0 Å². The van der Waals surface area contributed by atoms with Gasteiger partial charge < -0.3 is 4.90 Å². The van der Waals surface area contributed by atoms with E-state index in [2.05, 4.69) is 219 Å². The number of fused-ring (bicyclic) bond motifs is 8. The fourth-order valence-electron chi connectivity index (χ4n) is 10.3. The van der Waals surface area contributed by atoms with Crippen molar-refractivity contribution in [2.75, 3.05) is 4.90 Å². The second-order valence-electron chi connectivity index (χ2n) is 16.4. The molecule has 0 saturated heterocycles. The maximum atomic E-state index is 2.49. The lowest BCUT2D eigenvalue weighted by Gasteiger charge is -2.33. The molecule has 5 aliphatic carbocycles. The summed E-state index contributed by atoms with van der Waals surface area (Å²) >= 11 is 0. The molecule has 0 spiro atoms. The van der Waals surface area contributed by atoms with Crippen LogP contribution >= 0.6 is 0 Å². The van der Waals surface area contributed by atoms with Crippen LogP contribution in [0.5, 0.6) is 0 Å². The molecule has 0 saturated carbocycles. The van der Waals surface area contributed by atoms with Gasteiger partial charge in [0.1, 0.15) is 0 Å². The van der Waals surface area contributed by atoms with Gasteiger partial charge in [-0.05, 0) is 90.9 Å². The molecular formula is C55H43N. The summed E-state index contributed by atoms with van der Waals surface area (Å²) in [7, 11) is 0. The second kappa shape index (κ2) is 12.8. The molecule has 0 fully saturated rings. The molecule has 0 aromatic heterocycles. The topological polar surface area (TPSA) is 3.24 Å². The molecule has 1 heteroatoms. The Bertz CT molecular complexity index is 2840. The van der Waals surface area contributed by atoms with Crippen LogP contribution in [0.2, 0.25) is 0 Å². The summed E-state index contributed by atoms with van der Waals surface area (Å²) in [6.45, 7) is 4.74. The van der Waals surface area contributed by atoms with Gasteiger partial charge in [0.25, 0.3) is 0 Å². The van der Waals surface area contributed by atoms with Crippen LogP contribution in [0.1, 0.15) is 59.1 Å². The van der Waals surface area contributed by atoms with Crippen LogP contribution in [0, 0.1) is 11.8 Å². The molecule has 5 aliphatic rings. The highest BCUT2D eigenvalue weighted by Gasteiger charge is 2.38. The highest BCUT2D eigenvalue weighted by molar-refractivity contribution is 5.95. The highest BCUT2D eigenvalue weighted by atomic mass is 15.1. The van der Waals surface area contributed by atoms with Gasteiger partial charge in [-0.3, -0.25) is 0 Å². The first-order valence-electron chi connectivity index (χ1n) is 20.1. The number of allylic oxidation sites excluding steroid dienone is 9. The maximum absolute atomic E-state index is 2.49. The molecule has 0 bridgehead atoms. The van der Waals surface area contributed by atoms with Gasteiger partial charge in [0.05, 0.1) is 5.69 Å². The van der Waals surface area contributed by atoms with Gasteiger partial charge in [-0.1, -0.05) is 184 Å². The molecule has 0 heterocycles. The van der Waals surface area contributed by atoms with Crippen molar-refractivity contribution in [3.63, 3.8) is 0 Å². The lowest BCUT2D eigenvalue weighted by Crippen LogP contribution is -2.35. The van der Waals surface area contributed by atoms with Crippen LogP contribution in [0.25, 0.3) is 34.4 Å². The zero-order chi connectivity index (χ0) is 37.4. The third-order valence-electron chi connectivity index (χ3n) is 13.1. The third kappa shape index (κ3) is 5.07. The first-order valence-corrected chi connectivity index (χ1v) is 20.1. The van der Waals surface area contributed by atoms with Gasteiger partial charge in [0.2, 0.25) is 0 Å². The van der Waals surface area contributed by atoms with Crippen molar-refractivity contribution in [2.24, 2.45) is 11.8 Å². The van der Waals surface area contributed by atoms with E-state index < -0.39 is 0 Å². The molecule has 0 N–H and O–H groups in total. The Balaban J connectivity index is 1.04. The van der Waals surface area contributed by atoms with Crippen LogP contribution in [0.4, 0.5) is 17.1 Å². The Morgan fingerprint density at radius 1 is 0.536 bits per heavy atom. The van der Waals surface area contributed by atoms with Gasteiger partial charge in [0, 0.05) is 46.0 Å². The van der Waals surface area contributed by atoms with Gasteiger partial charge in [-0.2, -0.15) is 0 Å². The molecule has 4 atom stereocenters. The Kier molecular flexibility index (Phi) is 7.54. The van der Waals surface area contributed by atoms with E-state index in [-0.39, 0.29) is 11.3 Å². The van der Waals surface area contributed by atoms with Crippen LogP contribution in [-0.4, -0.2) is 0 Å². The average Bonchev–Trinajstić information content (AvgIpc) is 3.50. The van der Waals surface area contributed by atoms with Crippen molar-refractivity contribution >= 4 is 40.4 Å².